The maximum absolute atomic E-state index is 13.6. The van der Waals surface area contributed by atoms with E-state index in [0.717, 1.165) is 19.3 Å². The number of rotatable bonds is 0. The van der Waals surface area contributed by atoms with Crippen LogP contribution < -0.4 is 0 Å². The smallest absolute Gasteiger partial charge is 0.278 e. The van der Waals surface area contributed by atoms with E-state index in [0.29, 0.717) is 12.8 Å². The van der Waals surface area contributed by atoms with Gasteiger partial charge in [-0.05, 0) is 25.2 Å². The molecule has 0 amide bonds. The van der Waals surface area contributed by atoms with E-state index in [1.807, 2.05) is 0 Å². The van der Waals surface area contributed by atoms with Crippen molar-refractivity contribution in [3.8, 4) is 0 Å². The Kier molecular flexibility index (Phi) is 2.54. The Morgan fingerprint density at radius 1 is 1.27 bits per heavy atom. The first-order valence-corrected chi connectivity index (χ1v) is 5.67. The SMILES string of the molecule is C[C@@H]1C[C@@H]2CCCC[C@@]2(O)[C@@H](O)C1(F)F. The highest BCUT2D eigenvalue weighted by Gasteiger charge is 2.62. The number of hydrogen-bond acceptors (Lipinski definition) is 2. The lowest BCUT2D eigenvalue weighted by Crippen LogP contribution is -2.64. The summed E-state index contributed by atoms with van der Waals surface area (Å²) in [6.07, 6.45) is 1.20. The maximum atomic E-state index is 13.6. The first-order valence-electron chi connectivity index (χ1n) is 5.67. The van der Waals surface area contributed by atoms with Gasteiger partial charge in [0.15, 0.2) is 0 Å². The molecule has 2 fully saturated rings. The summed E-state index contributed by atoms with van der Waals surface area (Å²) in [5.41, 5.74) is -1.55. The predicted octanol–water partition coefficient (Wildman–Crippen LogP) is 1.94. The van der Waals surface area contributed by atoms with Gasteiger partial charge in [0.2, 0.25) is 0 Å². The maximum Gasteiger partial charge on any atom is 0.278 e. The Hall–Kier alpha value is -0.220. The molecule has 0 aromatic heterocycles. The Morgan fingerprint density at radius 2 is 1.93 bits per heavy atom. The van der Waals surface area contributed by atoms with Crippen LogP contribution in [-0.4, -0.2) is 27.8 Å². The normalized spacial score (nSPS) is 49.8. The van der Waals surface area contributed by atoms with E-state index in [2.05, 4.69) is 0 Å². The summed E-state index contributed by atoms with van der Waals surface area (Å²) < 4.78 is 27.2. The van der Waals surface area contributed by atoms with Crippen molar-refractivity contribution < 1.29 is 19.0 Å². The molecule has 0 radical (unpaired) electrons. The standard InChI is InChI=1S/C11H18F2O2/c1-7-6-8-4-2-3-5-10(8,15)9(14)11(7,12)13/h7-9,14-15H,2-6H2,1H3/t7-,8+,9-,10+/m1/s1. The molecule has 0 aromatic carbocycles. The van der Waals surface area contributed by atoms with Crippen LogP contribution in [0.4, 0.5) is 8.78 Å². The lowest BCUT2D eigenvalue weighted by Gasteiger charge is -2.51. The van der Waals surface area contributed by atoms with Crippen LogP contribution >= 0.6 is 0 Å². The Labute approximate surface area is 88.3 Å². The van der Waals surface area contributed by atoms with Crippen LogP contribution in [0.2, 0.25) is 0 Å². The molecular formula is C11H18F2O2. The molecule has 0 saturated heterocycles. The van der Waals surface area contributed by atoms with Crippen LogP contribution in [0.25, 0.3) is 0 Å². The number of halogens is 2. The Bertz CT molecular complexity index is 257. The molecule has 0 heterocycles. The summed E-state index contributed by atoms with van der Waals surface area (Å²) in [4.78, 5) is 0. The van der Waals surface area contributed by atoms with Gasteiger partial charge in [-0.3, -0.25) is 0 Å². The molecule has 0 aliphatic heterocycles. The molecule has 0 unspecified atom stereocenters. The molecule has 2 aliphatic rings. The average molecular weight is 220 g/mol. The van der Waals surface area contributed by atoms with E-state index in [4.69, 9.17) is 0 Å². The van der Waals surface area contributed by atoms with E-state index in [-0.39, 0.29) is 5.92 Å². The van der Waals surface area contributed by atoms with Crippen molar-refractivity contribution in [3.63, 3.8) is 0 Å². The number of aliphatic hydroxyl groups is 2. The zero-order chi connectivity index (χ0) is 11.3. The van der Waals surface area contributed by atoms with Gasteiger partial charge in [-0.1, -0.05) is 19.8 Å². The first kappa shape index (κ1) is 11.3. The molecule has 88 valence electrons. The molecule has 4 atom stereocenters. The van der Waals surface area contributed by atoms with Gasteiger partial charge in [-0.2, -0.15) is 0 Å². The van der Waals surface area contributed by atoms with Gasteiger partial charge in [0.25, 0.3) is 5.92 Å². The highest BCUT2D eigenvalue weighted by atomic mass is 19.3. The van der Waals surface area contributed by atoms with Gasteiger partial charge < -0.3 is 10.2 Å². The minimum atomic E-state index is -3.15. The largest absolute Gasteiger partial charge is 0.387 e. The topological polar surface area (TPSA) is 40.5 Å². The second-order valence-electron chi connectivity index (χ2n) is 5.15. The third-order valence-electron chi connectivity index (χ3n) is 4.22. The van der Waals surface area contributed by atoms with Gasteiger partial charge in [-0.15, -0.1) is 0 Å². The van der Waals surface area contributed by atoms with Crippen molar-refractivity contribution in [2.45, 2.75) is 56.7 Å². The number of hydrogen-bond donors (Lipinski definition) is 2. The fraction of sp³-hybridized carbons (Fsp3) is 1.00. The molecule has 0 bridgehead atoms. The molecule has 2 N–H and O–H groups in total. The van der Waals surface area contributed by atoms with Crippen molar-refractivity contribution in [3.05, 3.63) is 0 Å². The third-order valence-corrected chi connectivity index (χ3v) is 4.22. The van der Waals surface area contributed by atoms with E-state index < -0.39 is 23.5 Å². The van der Waals surface area contributed by atoms with Gasteiger partial charge in [0.05, 0.1) is 5.60 Å². The molecule has 2 aliphatic carbocycles. The second kappa shape index (κ2) is 3.39. The predicted molar refractivity (Wildman–Crippen MR) is 51.6 cm³/mol. The summed E-state index contributed by atoms with van der Waals surface area (Å²) in [5.74, 6) is -4.14. The zero-order valence-corrected chi connectivity index (χ0v) is 8.92. The minimum absolute atomic E-state index is 0.157. The Balaban J connectivity index is 2.29. The summed E-state index contributed by atoms with van der Waals surface area (Å²) in [6, 6.07) is 0. The van der Waals surface area contributed by atoms with Crippen LogP contribution in [0.3, 0.4) is 0 Å². The van der Waals surface area contributed by atoms with Crippen molar-refractivity contribution in [1.29, 1.82) is 0 Å². The monoisotopic (exact) mass is 220 g/mol. The van der Waals surface area contributed by atoms with Crippen LogP contribution in [0, 0.1) is 11.8 Å². The Morgan fingerprint density at radius 3 is 2.60 bits per heavy atom. The zero-order valence-electron chi connectivity index (χ0n) is 8.92. The highest BCUT2D eigenvalue weighted by Crippen LogP contribution is 2.51. The highest BCUT2D eigenvalue weighted by molar-refractivity contribution is 5.07. The van der Waals surface area contributed by atoms with Crippen molar-refractivity contribution in [2.75, 3.05) is 0 Å². The molecule has 0 aromatic rings. The lowest BCUT2D eigenvalue weighted by molar-refractivity contribution is -0.269. The van der Waals surface area contributed by atoms with Crippen LogP contribution in [0.1, 0.15) is 39.0 Å². The van der Waals surface area contributed by atoms with E-state index in [1.165, 1.54) is 6.92 Å². The molecular weight excluding hydrogens is 202 g/mol. The van der Waals surface area contributed by atoms with Crippen LogP contribution in [0.5, 0.6) is 0 Å². The van der Waals surface area contributed by atoms with Crippen molar-refractivity contribution >= 4 is 0 Å². The summed E-state index contributed by atoms with van der Waals surface area (Å²) in [7, 11) is 0. The molecule has 2 rings (SSSR count). The van der Waals surface area contributed by atoms with Crippen LogP contribution in [0.15, 0.2) is 0 Å². The third kappa shape index (κ3) is 1.49. The van der Waals surface area contributed by atoms with Crippen molar-refractivity contribution in [1.82, 2.24) is 0 Å². The summed E-state index contributed by atoms with van der Waals surface area (Å²) in [5, 5.41) is 19.8. The fourth-order valence-electron chi connectivity index (χ4n) is 3.12. The lowest BCUT2D eigenvalue weighted by atomic mass is 9.62. The number of aliphatic hydroxyl groups excluding tert-OH is 1. The van der Waals surface area contributed by atoms with Gasteiger partial charge in [0.1, 0.15) is 6.10 Å². The van der Waals surface area contributed by atoms with Gasteiger partial charge in [-0.25, -0.2) is 8.78 Å². The van der Waals surface area contributed by atoms with Crippen LogP contribution in [-0.2, 0) is 0 Å². The average Bonchev–Trinajstić information content (AvgIpc) is 2.18. The number of fused-ring (bicyclic) bond motifs is 1. The van der Waals surface area contributed by atoms with Crippen molar-refractivity contribution in [2.24, 2.45) is 11.8 Å². The van der Waals surface area contributed by atoms with E-state index >= 15 is 0 Å². The second-order valence-corrected chi connectivity index (χ2v) is 5.15. The molecule has 15 heavy (non-hydrogen) atoms. The molecule has 2 nitrogen and oxygen atoms in total. The first-order chi connectivity index (χ1) is 6.89. The molecule has 4 heteroatoms. The summed E-state index contributed by atoms with van der Waals surface area (Å²) >= 11 is 0. The van der Waals surface area contributed by atoms with E-state index in [1.54, 1.807) is 0 Å². The van der Waals surface area contributed by atoms with E-state index in [9.17, 15) is 19.0 Å². The van der Waals surface area contributed by atoms with Gasteiger partial charge >= 0.3 is 0 Å². The fourth-order valence-corrected chi connectivity index (χ4v) is 3.12. The van der Waals surface area contributed by atoms with Gasteiger partial charge in [0, 0.05) is 5.92 Å². The number of alkyl halides is 2. The quantitative estimate of drug-likeness (QED) is 0.655. The minimum Gasteiger partial charge on any atom is -0.387 e. The molecule has 0 spiro atoms. The molecule has 2 saturated carbocycles. The summed E-state index contributed by atoms with van der Waals surface area (Å²) in [6.45, 7) is 1.46.